The number of pyridine rings is 1. The van der Waals surface area contributed by atoms with Gasteiger partial charge >= 0.3 is 0 Å². The molecule has 0 saturated carbocycles. The van der Waals surface area contributed by atoms with Gasteiger partial charge in [-0.2, -0.15) is 0 Å². The quantitative estimate of drug-likeness (QED) is 0.610. The maximum atomic E-state index is 5.35. The van der Waals surface area contributed by atoms with E-state index in [9.17, 15) is 0 Å². The zero-order valence-electron chi connectivity index (χ0n) is 6.86. The second kappa shape index (κ2) is 2.36. The van der Waals surface area contributed by atoms with E-state index in [-0.39, 0.29) is 0 Å². The molecular weight excluding hydrogens is 166 g/mol. The highest BCUT2D eigenvalue weighted by Gasteiger charge is 2.16. The predicted molar refractivity (Wildman–Crippen MR) is 47.9 cm³/mol. The number of hydrogen-bond donors (Lipinski definition) is 0. The number of nitrogens with zero attached hydrogens (tertiary/aromatic N) is 1. The summed E-state index contributed by atoms with van der Waals surface area (Å²) in [6, 6.07) is 7.86. The van der Waals surface area contributed by atoms with E-state index >= 15 is 0 Å². The third-order valence-electron chi connectivity index (χ3n) is 2.11. The van der Waals surface area contributed by atoms with E-state index in [0.717, 1.165) is 22.4 Å². The molecule has 2 heterocycles. The van der Waals surface area contributed by atoms with Gasteiger partial charge < -0.3 is 9.47 Å². The molecule has 0 fully saturated rings. The first-order chi connectivity index (χ1) is 6.45. The van der Waals surface area contributed by atoms with Crippen molar-refractivity contribution in [3.63, 3.8) is 0 Å². The van der Waals surface area contributed by atoms with E-state index in [1.165, 1.54) is 0 Å². The van der Waals surface area contributed by atoms with Gasteiger partial charge in [-0.25, -0.2) is 0 Å². The molecule has 2 aromatic rings. The molecule has 0 aliphatic carbocycles. The summed E-state index contributed by atoms with van der Waals surface area (Å²) in [5.41, 5.74) is 0.937. The lowest BCUT2D eigenvalue weighted by Crippen LogP contribution is -1.93. The SMILES string of the molecule is c1ccc2c3c(cnc2c1)OCO3. The minimum atomic E-state index is 0.297. The van der Waals surface area contributed by atoms with E-state index in [0.29, 0.717) is 6.79 Å². The minimum Gasteiger partial charge on any atom is -0.453 e. The standard InChI is InChI=1S/C10H7NO2/c1-2-4-8-7(3-1)10-9(5-11-8)12-6-13-10/h1-5H,6H2. The van der Waals surface area contributed by atoms with E-state index in [2.05, 4.69) is 4.98 Å². The van der Waals surface area contributed by atoms with E-state index in [1.807, 2.05) is 24.3 Å². The molecule has 13 heavy (non-hydrogen) atoms. The molecule has 3 heteroatoms. The Bertz CT molecular complexity index is 467. The van der Waals surface area contributed by atoms with Crippen molar-refractivity contribution in [2.45, 2.75) is 0 Å². The summed E-state index contributed by atoms with van der Waals surface area (Å²) in [7, 11) is 0. The number of ether oxygens (including phenoxy) is 2. The summed E-state index contributed by atoms with van der Waals surface area (Å²) in [5, 5.41) is 1.01. The maximum Gasteiger partial charge on any atom is 0.231 e. The first-order valence-electron chi connectivity index (χ1n) is 4.08. The molecule has 0 unspecified atom stereocenters. The van der Waals surface area contributed by atoms with Gasteiger partial charge in [0.15, 0.2) is 11.5 Å². The number of para-hydroxylation sites is 1. The Morgan fingerprint density at radius 2 is 2.08 bits per heavy atom. The maximum absolute atomic E-state index is 5.35. The summed E-state index contributed by atoms with van der Waals surface area (Å²) in [6.45, 7) is 0.297. The van der Waals surface area contributed by atoms with Crippen molar-refractivity contribution in [1.82, 2.24) is 4.98 Å². The summed E-state index contributed by atoms with van der Waals surface area (Å²) >= 11 is 0. The fourth-order valence-electron chi connectivity index (χ4n) is 1.50. The van der Waals surface area contributed by atoms with Gasteiger partial charge in [-0.1, -0.05) is 12.1 Å². The molecule has 0 spiro atoms. The lowest BCUT2D eigenvalue weighted by atomic mass is 10.2. The highest BCUT2D eigenvalue weighted by Crippen LogP contribution is 2.37. The van der Waals surface area contributed by atoms with Crippen LogP contribution < -0.4 is 9.47 Å². The highest BCUT2D eigenvalue weighted by atomic mass is 16.7. The van der Waals surface area contributed by atoms with Gasteiger partial charge in [0.2, 0.25) is 6.79 Å². The van der Waals surface area contributed by atoms with Gasteiger partial charge in [0, 0.05) is 5.39 Å². The largest absolute Gasteiger partial charge is 0.453 e. The van der Waals surface area contributed by atoms with Crippen molar-refractivity contribution in [3.8, 4) is 11.5 Å². The van der Waals surface area contributed by atoms with Crippen LogP contribution in [0.2, 0.25) is 0 Å². The molecule has 0 radical (unpaired) electrons. The van der Waals surface area contributed by atoms with E-state index in [1.54, 1.807) is 6.20 Å². The molecule has 0 bridgehead atoms. The lowest BCUT2D eigenvalue weighted by Gasteiger charge is -1.99. The van der Waals surface area contributed by atoms with Gasteiger partial charge in [-0.05, 0) is 12.1 Å². The average molecular weight is 173 g/mol. The fourth-order valence-corrected chi connectivity index (χ4v) is 1.50. The first kappa shape index (κ1) is 6.71. The number of hydrogen-bond acceptors (Lipinski definition) is 3. The topological polar surface area (TPSA) is 31.4 Å². The molecule has 0 atom stereocenters. The summed E-state index contributed by atoms with van der Waals surface area (Å²) in [5.74, 6) is 1.55. The second-order valence-electron chi connectivity index (χ2n) is 2.88. The summed E-state index contributed by atoms with van der Waals surface area (Å²) in [6.07, 6.45) is 1.70. The van der Waals surface area contributed by atoms with Crippen LogP contribution in [0.4, 0.5) is 0 Å². The zero-order chi connectivity index (χ0) is 8.67. The predicted octanol–water partition coefficient (Wildman–Crippen LogP) is 1.96. The average Bonchev–Trinajstić information content (AvgIpc) is 2.65. The number of fused-ring (bicyclic) bond motifs is 3. The molecular formula is C10H7NO2. The molecule has 1 aromatic carbocycles. The Hall–Kier alpha value is -1.77. The molecule has 64 valence electrons. The van der Waals surface area contributed by atoms with Gasteiger partial charge in [0.1, 0.15) is 0 Å². The van der Waals surface area contributed by atoms with Gasteiger partial charge in [0.05, 0.1) is 11.7 Å². The van der Waals surface area contributed by atoms with Crippen molar-refractivity contribution < 1.29 is 9.47 Å². The molecule has 0 amide bonds. The van der Waals surface area contributed by atoms with Crippen LogP contribution in [0.3, 0.4) is 0 Å². The number of benzene rings is 1. The van der Waals surface area contributed by atoms with Crippen molar-refractivity contribution in [2.24, 2.45) is 0 Å². The normalized spacial score (nSPS) is 13.5. The number of aromatic nitrogens is 1. The van der Waals surface area contributed by atoms with Crippen LogP contribution in [-0.2, 0) is 0 Å². The van der Waals surface area contributed by atoms with Crippen LogP contribution in [0, 0.1) is 0 Å². The van der Waals surface area contributed by atoms with Crippen LogP contribution >= 0.6 is 0 Å². The Balaban J connectivity index is 2.43. The molecule has 3 rings (SSSR count). The van der Waals surface area contributed by atoms with Crippen LogP contribution in [0.15, 0.2) is 30.5 Å². The van der Waals surface area contributed by atoms with E-state index < -0.39 is 0 Å². The first-order valence-corrected chi connectivity index (χ1v) is 4.08. The van der Waals surface area contributed by atoms with Crippen molar-refractivity contribution in [2.75, 3.05) is 6.79 Å². The number of rotatable bonds is 0. The van der Waals surface area contributed by atoms with Crippen LogP contribution in [0.1, 0.15) is 0 Å². The smallest absolute Gasteiger partial charge is 0.231 e. The summed E-state index contributed by atoms with van der Waals surface area (Å²) in [4.78, 5) is 4.25. The second-order valence-corrected chi connectivity index (χ2v) is 2.88. The minimum absolute atomic E-state index is 0.297. The molecule has 1 aliphatic rings. The van der Waals surface area contributed by atoms with Gasteiger partial charge in [-0.15, -0.1) is 0 Å². The van der Waals surface area contributed by atoms with Crippen molar-refractivity contribution in [1.29, 1.82) is 0 Å². The molecule has 1 aromatic heterocycles. The van der Waals surface area contributed by atoms with Crippen LogP contribution in [0.25, 0.3) is 10.9 Å². The molecule has 1 aliphatic heterocycles. The van der Waals surface area contributed by atoms with Crippen LogP contribution in [0.5, 0.6) is 11.5 Å². The van der Waals surface area contributed by atoms with E-state index in [4.69, 9.17) is 9.47 Å². The van der Waals surface area contributed by atoms with Crippen molar-refractivity contribution in [3.05, 3.63) is 30.5 Å². The molecule has 3 nitrogen and oxygen atoms in total. The fraction of sp³-hybridized carbons (Fsp3) is 0.100. The molecule has 0 saturated heterocycles. The Morgan fingerprint density at radius 1 is 1.15 bits per heavy atom. The Morgan fingerprint density at radius 3 is 3.08 bits per heavy atom. The zero-order valence-corrected chi connectivity index (χ0v) is 6.86. The Kier molecular flexibility index (Phi) is 1.22. The third-order valence-corrected chi connectivity index (χ3v) is 2.11. The van der Waals surface area contributed by atoms with Crippen molar-refractivity contribution >= 4 is 10.9 Å². The summed E-state index contributed by atoms with van der Waals surface area (Å²) < 4.78 is 10.6. The van der Waals surface area contributed by atoms with Crippen LogP contribution in [-0.4, -0.2) is 11.8 Å². The lowest BCUT2D eigenvalue weighted by molar-refractivity contribution is 0.174. The highest BCUT2D eigenvalue weighted by molar-refractivity contribution is 5.87. The molecule has 0 N–H and O–H groups in total. The van der Waals surface area contributed by atoms with Gasteiger partial charge in [-0.3, -0.25) is 4.98 Å². The van der Waals surface area contributed by atoms with Gasteiger partial charge in [0.25, 0.3) is 0 Å². The third kappa shape index (κ3) is 0.869. The monoisotopic (exact) mass is 173 g/mol. The Labute approximate surface area is 74.9 Å².